The van der Waals surface area contributed by atoms with E-state index in [0.717, 1.165) is 22.6 Å². The highest BCUT2D eigenvalue weighted by Crippen LogP contribution is 2.22. The van der Waals surface area contributed by atoms with Gasteiger partial charge in [-0.1, -0.05) is 98.8 Å². The van der Waals surface area contributed by atoms with Crippen LogP contribution in [-0.2, 0) is 67.2 Å². The number of rotatable bonds is 30. The summed E-state index contributed by atoms with van der Waals surface area (Å²) in [7, 11) is 1.48. The van der Waals surface area contributed by atoms with Gasteiger partial charge in [0, 0.05) is 52.7 Å². The van der Waals surface area contributed by atoms with Crippen molar-refractivity contribution in [1.29, 1.82) is 0 Å². The number of aromatic hydroxyl groups is 1. The van der Waals surface area contributed by atoms with Crippen LogP contribution in [0.2, 0.25) is 0 Å². The minimum absolute atomic E-state index is 0.0150. The number of phenols is 1. The lowest BCUT2D eigenvalue weighted by molar-refractivity contribution is -0.142. The molecule has 1 heterocycles. The third kappa shape index (κ3) is 22.4. The first-order chi connectivity index (χ1) is 42.2. The summed E-state index contributed by atoms with van der Waals surface area (Å²) in [6.07, 6.45) is -4.13. The minimum atomic E-state index is -1.89. The molecule has 0 radical (unpaired) electrons. The second-order valence-corrected chi connectivity index (χ2v) is 22.1. The molecule has 1 aliphatic rings. The number of carbonyl (C=O) groups is 11. The molecule has 12 amide bonds. The molecule has 0 aromatic heterocycles. The van der Waals surface area contributed by atoms with Crippen LogP contribution in [0.5, 0.6) is 5.75 Å². The van der Waals surface area contributed by atoms with Crippen molar-refractivity contribution < 1.29 is 68.1 Å². The molecule has 0 aliphatic carbocycles. The van der Waals surface area contributed by atoms with Gasteiger partial charge < -0.3 is 80.0 Å². The number of likely N-dealkylation sites (tertiary alicyclic amines) is 1. The van der Waals surface area contributed by atoms with Gasteiger partial charge in [-0.15, -0.1) is 0 Å². The number of benzene rings is 4. The number of nitrogens with zero attached hydrogens (tertiary/aromatic N) is 2. The van der Waals surface area contributed by atoms with Gasteiger partial charge in [0.15, 0.2) is 5.96 Å². The highest BCUT2D eigenvalue weighted by atomic mass is 16.3. The summed E-state index contributed by atoms with van der Waals surface area (Å²) in [5.41, 5.74) is 23.2. The Bertz CT molecular complexity index is 3190. The van der Waals surface area contributed by atoms with Gasteiger partial charge in [0.2, 0.25) is 53.2 Å². The lowest BCUT2D eigenvalue weighted by atomic mass is 10.00. The largest absolute Gasteiger partial charge is 0.508 e. The van der Waals surface area contributed by atoms with Crippen molar-refractivity contribution in [2.75, 3.05) is 20.1 Å². The van der Waals surface area contributed by atoms with Crippen LogP contribution in [0.25, 0.3) is 10.8 Å². The fourth-order valence-corrected chi connectivity index (χ4v) is 9.82. The van der Waals surface area contributed by atoms with Crippen LogP contribution in [0.4, 0.5) is 4.79 Å². The molecule has 0 unspecified atom stereocenters. The predicted octanol–water partition coefficient (Wildman–Crippen LogP) is -2.74. The molecule has 29 nitrogen and oxygen atoms in total. The maximum atomic E-state index is 14.1. The molecule has 10 atom stereocenters. The molecular formula is C60H81N15O14. The van der Waals surface area contributed by atoms with Crippen molar-refractivity contribution in [1.82, 2.24) is 58.3 Å². The lowest BCUT2D eigenvalue weighted by Crippen LogP contribution is -2.62. The molecule has 19 N–H and O–H groups in total. The molecule has 4 aromatic rings. The number of hydrogen-bond donors (Lipinski definition) is 16. The van der Waals surface area contributed by atoms with Gasteiger partial charge in [-0.3, -0.25) is 58.4 Å². The molecular weight excluding hydrogens is 1150 g/mol. The zero-order chi connectivity index (χ0) is 65.5. The maximum Gasteiger partial charge on any atom is 0.334 e. The molecule has 1 saturated heterocycles. The average Bonchev–Trinajstić information content (AvgIpc) is 2.41. The van der Waals surface area contributed by atoms with E-state index < -0.39 is 132 Å². The van der Waals surface area contributed by atoms with Crippen molar-refractivity contribution in [3.05, 3.63) is 114 Å². The number of nitrogens with two attached hydrogens (primary N) is 3. The van der Waals surface area contributed by atoms with Crippen LogP contribution in [0, 0.1) is 5.92 Å². The molecule has 89 heavy (non-hydrogen) atoms. The Morgan fingerprint density at radius 2 is 1.20 bits per heavy atom. The van der Waals surface area contributed by atoms with Crippen LogP contribution in [0.1, 0.15) is 76.5 Å². The van der Waals surface area contributed by atoms with Crippen molar-refractivity contribution in [3.63, 3.8) is 0 Å². The number of nitrogens with one attached hydrogen (secondary N) is 10. The van der Waals surface area contributed by atoms with Crippen LogP contribution in [0.3, 0.4) is 0 Å². The first-order valence-corrected chi connectivity index (χ1v) is 28.9. The van der Waals surface area contributed by atoms with E-state index in [1.165, 1.54) is 38.2 Å². The topological polar surface area (TPSA) is 462 Å². The van der Waals surface area contributed by atoms with Gasteiger partial charge >= 0.3 is 6.03 Å². The summed E-state index contributed by atoms with van der Waals surface area (Å²) < 4.78 is 0. The van der Waals surface area contributed by atoms with Gasteiger partial charge in [-0.25, -0.2) is 10.2 Å². The molecule has 0 saturated carbocycles. The summed E-state index contributed by atoms with van der Waals surface area (Å²) in [6.45, 7) is 5.71. The van der Waals surface area contributed by atoms with Gasteiger partial charge in [-0.2, -0.15) is 0 Å². The monoisotopic (exact) mass is 1240 g/mol. The number of fused-ring (bicyclic) bond motifs is 1. The van der Waals surface area contributed by atoms with Gasteiger partial charge in [0.25, 0.3) is 5.91 Å². The number of carbonyl (C=O) groups excluding carboxylic acids is 11. The number of urea groups is 1. The fraction of sp³-hybridized carbons (Fsp3) is 0.433. The summed E-state index contributed by atoms with van der Waals surface area (Å²) in [4.78, 5) is 154. The van der Waals surface area contributed by atoms with Crippen LogP contribution in [0.15, 0.2) is 102 Å². The fourth-order valence-electron chi connectivity index (χ4n) is 9.82. The van der Waals surface area contributed by atoms with Gasteiger partial charge in [0.1, 0.15) is 54.1 Å². The number of hydrogen-bond acceptors (Lipinski definition) is 15. The normalized spacial score (nSPS) is 16.5. The second kappa shape index (κ2) is 33.9. The number of guanidine groups is 1. The molecule has 0 bridgehead atoms. The third-order valence-electron chi connectivity index (χ3n) is 14.3. The van der Waals surface area contributed by atoms with Crippen molar-refractivity contribution in [2.24, 2.45) is 28.1 Å². The number of aliphatic imine (C=N–C) groups is 1. The van der Waals surface area contributed by atoms with E-state index in [1.54, 1.807) is 44.2 Å². The van der Waals surface area contributed by atoms with E-state index in [4.69, 9.17) is 17.2 Å². The highest BCUT2D eigenvalue weighted by molar-refractivity contribution is 5.99. The van der Waals surface area contributed by atoms with Crippen LogP contribution in [-0.4, -0.2) is 172 Å². The molecule has 5 rings (SSSR count). The number of primary amides is 2. The number of phenolic OH excluding ortho intramolecular Hbond substituents is 1. The summed E-state index contributed by atoms with van der Waals surface area (Å²) in [5.74, 6) is -9.45. The van der Waals surface area contributed by atoms with Gasteiger partial charge in [-0.05, 0) is 71.7 Å². The Balaban J connectivity index is 1.28. The minimum Gasteiger partial charge on any atom is -0.508 e. The first kappa shape index (κ1) is 69.9. The Kier molecular flexibility index (Phi) is 26.6. The van der Waals surface area contributed by atoms with E-state index in [9.17, 15) is 68.1 Å². The van der Waals surface area contributed by atoms with Gasteiger partial charge in [0.05, 0.1) is 18.6 Å². The Hall–Kier alpha value is -9.90. The quantitative estimate of drug-likeness (QED) is 0.0109. The molecule has 29 heteroatoms. The number of hydrazine groups is 1. The molecule has 0 spiro atoms. The number of aliphatic hydroxyl groups is 2. The molecule has 4 aromatic carbocycles. The first-order valence-electron chi connectivity index (χ1n) is 28.9. The van der Waals surface area contributed by atoms with E-state index in [2.05, 4.69) is 58.4 Å². The number of amides is 12. The standard InChI is InChI=1S/C60H81N15O14/c1-32(2)24-44(53(83)67-42(16-11-23-65-59(63)64-5)52(82)68-43(51(62)81)28-37-17-20-38-14-9-10-15-39(38)25-37)71-60(89)74-73-55(85)45(26-35-12-7-6-8-13-35)70-57(87)50(33(3)76)72-54(84)46(30-49(61)80)69-56(86)48-29-41(79)31-75(48)58(88)47(66-34(4)77)27-36-18-21-40(78)22-19-36/h6-10,12-15,17-22,25,32-33,41-48,50,76,78-79H,11,16,23-24,26-31H2,1-5H3,(H2,61,80)(H2,62,81)(H,66,77)(H,67,83)(H,68,82)(H,69,86)(H,70,87)(H,72,84)(H,73,85)(H3,63,64,65)(H2,71,74,89)/t33-,41-,42+,43+,44+,45+,46+,47-,48+,50+/m1/s1. The van der Waals surface area contributed by atoms with E-state index in [0.29, 0.717) is 16.7 Å². The van der Waals surface area contributed by atoms with Crippen molar-refractivity contribution >= 4 is 81.8 Å². The summed E-state index contributed by atoms with van der Waals surface area (Å²) in [5, 5.41) is 53.6. The smallest absolute Gasteiger partial charge is 0.334 e. The van der Waals surface area contributed by atoms with E-state index in [1.807, 2.05) is 42.5 Å². The SMILES string of the molecule is CN=C(N)NCCC[C@H](NC(=O)[C@H](CC(C)C)NC(=O)NNC(=O)[C@H](Cc1ccccc1)NC(=O)[C@@H](NC(=O)[C@H](CC(N)=O)NC(=O)[C@@H]1C[C@@H](O)CN1C(=O)[C@@H](Cc1ccc(O)cc1)NC(C)=O)[C@@H](C)O)C(=O)N[C@@H](Cc1ccc2ccccc2c1)C(N)=O. The third-order valence-corrected chi connectivity index (χ3v) is 14.3. The maximum absolute atomic E-state index is 14.1. The summed E-state index contributed by atoms with van der Waals surface area (Å²) in [6, 6.07) is 14.3. The van der Waals surface area contributed by atoms with Crippen LogP contribution < -0.4 is 70.6 Å². The Labute approximate surface area is 513 Å². The summed E-state index contributed by atoms with van der Waals surface area (Å²) >= 11 is 0. The molecule has 1 aliphatic heterocycles. The van der Waals surface area contributed by atoms with Crippen LogP contribution >= 0.6 is 0 Å². The van der Waals surface area contributed by atoms with Crippen molar-refractivity contribution in [2.45, 2.75) is 140 Å². The van der Waals surface area contributed by atoms with E-state index in [-0.39, 0.29) is 75.7 Å². The predicted molar refractivity (Wildman–Crippen MR) is 326 cm³/mol. The molecule has 1 fully saturated rings. The zero-order valence-corrected chi connectivity index (χ0v) is 50.1. The van der Waals surface area contributed by atoms with E-state index >= 15 is 0 Å². The zero-order valence-electron chi connectivity index (χ0n) is 50.1. The highest BCUT2D eigenvalue weighted by Gasteiger charge is 2.43. The lowest BCUT2D eigenvalue weighted by Gasteiger charge is -2.30. The second-order valence-electron chi connectivity index (χ2n) is 22.1. The molecule has 480 valence electrons. The Morgan fingerprint density at radius 1 is 0.618 bits per heavy atom. The number of aliphatic hydroxyl groups excluding tert-OH is 2. The Morgan fingerprint density at radius 3 is 1.83 bits per heavy atom. The average molecular weight is 1240 g/mol. The van der Waals surface area contributed by atoms with Crippen molar-refractivity contribution in [3.8, 4) is 5.75 Å². The number of β-amino-alcohol motifs (C(OH)–C–C–N with tert-alkyl or cyclic N) is 1.